The summed E-state index contributed by atoms with van der Waals surface area (Å²) in [6.45, 7) is 3.01. The third kappa shape index (κ3) is 3.93. The molecule has 28 heavy (non-hydrogen) atoms. The Bertz CT molecular complexity index is 935. The molecule has 1 amide bonds. The van der Waals surface area contributed by atoms with E-state index in [1.165, 1.54) is 0 Å². The fraction of sp³-hybridized carbons (Fsp3) is 0.364. The van der Waals surface area contributed by atoms with E-state index in [0.717, 1.165) is 47.7 Å². The average Bonchev–Trinajstić information content (AvgIpc) is 3.39. The molecule has 0 saturated carbocycles. The molecule has 2 heterocycles. The SMILES string of the molecule is COCCn1c(S[C@H](C(=O)N2CCCC2)c2ccccc2)nc2ccccc21. The van der Waals surface area contributed by atoms with E-state index in [1.54, 1.807) is 18.9 Å². The predicted molar refractivity (Wildman–Crippen MR) is 112 cm³/mol. The number of fused-ring (bicyclic) bond motifs is 1. The number of rotatable bonds is 7. The van der Waals surface area contributed by atoms with Crippen molar-refractivity contribution >= 4 is 28.7 Å². The highest BCUT2D eigenvalue weighted by molar-refractivity contribution is 8.00. The molecule has 146 valence electrons. The lowest BCUT2D eigenvalue weighted by Gasteiger charge is -2.23. The number of amides is 1. The zero-order valence-electron chi connectivity index (χ0n) is 16.1. The summed E-state index contributed by atoms with van der Waals surface area (Å²) in [4.78, 5) is 20.2. The number of thioether (sulfide) groups is 1. The molecule has 1 atom stereocenters. The van der Waals surface area contributed by atoms with Gasteiger partial charge in [0, 0.05) is 26.7 Å². The van der Waals surface area contributed by atoms with Gasteiger partial charge >= 0.3 is 0 Å². The van der Waals surface area contributed by atoms with Gasteiger partial charge < -0.3 is 14.2 Å². The molecule has 3 aromatic rings. The minimum absolute atomic E-state index is 0.180. The Hall–Kier alpha value is -2.31. The van der Waals surface area contributed by atoms with Crippen LogP contribution in [-0.2, 0) is 16.1 Å². The van der Waals surface area contributed by atoms with Gasteiger partial charge in [-0.25, -0.2) is 4.98 Å². The van der Waals surface area contributed by atoms with E-state index in [-0.39, 0.29) is 11.2 Å². The third-order valence-electron chi connectivity index (χ3n) is 5.11. The summed E-state index contributed by atoms with van der Waals surface area (Å²) in [5.41, 5.74) is 3.04. The quantitative estimate of drug-likeness (QED) is 0.564. The van der Waals surface area contributed by atoms with Gasteiger partial charge in [0.15, 0.2) is 5.16 Å². The molecule has 0 unspecified atom stereocenters. The van der Waals surface area contributed by atoms with Gasteiger partial charge in [0.25, 0.3) is 0 Å². The number of imidazole rings is 1. The molecule has 1 aliphatic heterocycles. The monoisotopic (exact) mass is 395 g/mol. The van der Waals surface area contributed by atoms with Crippen molar-refractivity contribution < 1.29 is 9.53 Å². The van der Waals surface area contributed by atoms with Crippen LogP contribution in [-0.4, -0.2) is 47.2 Å². The first kappa shape index (κ1) is 19.0. The van der Waals surface area contributed by atoms with Crippen molar-refractivity contribution in [3.8, 4) is 0 Å². The van der Waals surface area contributed by atoms with Crippen molar-refractivity contribution in [1.82, 2.24) is 14.5 Å². The first-order chi connectivity index (χ1) is 13.8. The number of aromatic nitrogens is 2. The highest BCUT2D eigenvalue weighted by atomic mass is 32.2. The molecule has 1 aromatic heterocycles. The molecule has 0 N–H and O–H groups in total. The number of carbonyl (C=O) groups is 1. The summed E-state index contributed by atoms with van der Waals surface area (Å²) >= 11 is 1.54. The van der Waals surface area contributed by atoms with Crippen LogP contribution < -0.4 is 0 Å². The van der Waals surface area contributed by atoms with Gasteiger partial charge in [-0.1, -0.05) is 54.2 Å². The first-order valence-corrected chi connectivity index (χ1v) is 10.6. The van der Waals surface area contributed by atoms with E-state index >= 15 is 0 Å². The number of benzene rings is 2. The first-order valence-electron chi connectivity index (χ1n) is 9.72. The Morgan fingerprint density at radius 3 is 2.57 bits per heavy atom. The van der Waals surface area contributed by atoms with Crippen LogP contribution in [0.1, 0.15) is 23.7 Å². The van der Waals surface area contributed by atoms with E-state index < -0.39 is 0 Å². The van der Waals surface area contributed by atoms with Gasteiger partial charge in [0.2, 0.25) is 5.91 Å². The van der Waals surface area contributed by atoms with Crippen molar-refractivity contribution in [2.75, 3.05) is 26.8 Å². The Labute approximate surface area is 169 Å². The second-order valence-corrected chi connectivity index (χ2v) is 8.04. The largest absolute Gasteiger partial charge is 0.383 e. The summed E-state index contributed by atoms with van der Waals surface area (Å²) in [5, 5.41) is 0.567. The zero-order chi connectivity index (χ0) is 19.3. The maximum atomic E-state index is 13.3. The van der Waals surface area contributed by atoms with Crippen LogP contribution >= 0.6 is 11.8 Å². The van der Waals surface area contributed by atoms with Crippen LogP contribution in [0.2, 0.25) is 0 Å². The standard InChI is InChI=1S/C22H25N3O2S/c1-27-16-15-25-19-12-6-5-11-18(19)23-22(25)28-20(17-9-3-2-4-10-17)21(26)24-13-7-8-14-24/h2-6,9-12,20H,7-8,13-16H2,1H3/t20-/m0/s1. The van der Waals surface area contributed by atoms with Crippen LogP contribution in [0.15, 0.2) is 59.8 Å². The van der Waals surface area contributed by atoms with Gasteiger partial charge in [-0.3, -0.25) is 4.79 Å². The second kappa shape index (κ2) is 8.80. The maximum Gasteiger partial charge on any atom is 0.240 e. The number of likely N-dealkylation sites (tertiary alicyclic amines) is 1. The Morgan fingerprint density at radius 1 is 1.11 bits per heavy atom. The molecule has 0 bridgehead atoms. The molecule has 1 fully saturated rings. The number of methoxy groups -OCH3 is 1. The molecular formula is C22H25N3O2S. The lowest BCUT2D eigenvalue weighted by atomic mass is 10.1. The number of nitrogens with zero attached hydrogens (tertiary/aromatic N) is 3. The molecule has 1 saturated heterocycles. The van der Waals surface area contributed by atoms with E-state index in [4.69, 9.17) is 9.72 Å². The summed E-state index contributed by atoms with van der Waals surface area (Å²) in [6.07, 6.45) is 2.18. The Balaban J connectivity index is 1.71. The Morgan fingerprint density at radius 2 is 1.82 bits per heavy atom. The van der Waals surface area contributed by atoms with Crippen LogP contribution in [0.5, 0.6) is 0 Å². The fourth-order valence-corrected chi connectivity index (χ4v) is 4.86. The molecule has 5 nitrogen and oxygen atoms in total. The van der Waals surface area contributed by atoms with Crippen LogP contribution in [0.3, 0.4) is 0 Å². The topological polar surface area (TPSA) is 47.4 Å². The lowest BCUT2D eigenvalue weighted by molar-refractivity contribution is -0.129. The zero-order valence-corrected chi connectivity index (χ0v) is 16.9. The van der Waals surface area contributed by atoms with Crippen molar-refractivity contribution in [2.45, 2.75) is 29.8 Å². The smallest absolute Gasteiger partial charge is 0.240 e. The number of hydrogen-bond donors (Lipinski definition) is 0. The average molecular weight is 396 g/mol. The normalized spacial score (nSPS) is 15.2. The van der Waals surface area contributed by atoms with E-state index in [9.17, 15) is 4.79 Å². The number of hydrogen-bond acceptors (Lipinski definition) is 4. The van der Waals surface area contributed by atoms with Gasteiger partial charge in [0.1, 0.15) is 5.25 Å². The highest BCUT2D eigenvalue weighted by Crippen LogP contribution is 2.38. The van der Waals surface area contributed by atoms with Gasteiger partial charge in [0.05, 0.1) is 17.6 Å². The van der Waals surface area contributed by atoms with Gasteiger partial charge in [-0.2, -0.15) is 0 Å². The number of para-hydroxylation sites is 2. The summed E-state index contributed by atoms with van der Waals surface area (Å²) < 4.78 is 7.47. The van der Waals surface area contributed by atoms with E-state index in [0.29, 0.717) is 13.2 Å². The fourth-order valence-electron chi connectivity index (χ4n) is 3.64. The summed E-state index contributed by atoms with van der Waals surface area (Å²) in [7, 11) is 1.70. The Kier molecular flexibility index (Phi) is 5.98. The molecule has 2 aromatic carbocycles. The number of ether oxygens (including phenoxy) is 1. The van der Waals surface area contributed by atoms with Gasteiger partial charge in [-0.15, -0.1) is 0 Å². The van der Waals surface area contributed by atoms with Crippen molar-refractivity contribution in [1.29, 1.82) is 0 Å². The maximum absolute atomic E-state index is 13.3. The van der Waals surface area contributed by atoms with Crippen LogP contribution in [0.4, 0.5) is 0 Å². The molecule has 0 spiro atoms. The minimum atomic E-state index is -0.294. The minimum Gasteiger partial charge on any atom is -0.383 e. The molecule has 1 aliphatic rings. The molecule has 0 radical (unpaired) electrons. The van der Waals surface area contributed by atoms with E-state index in [1.807, 2.05) is 53.4 Å². The van der Waals surface area contributed by atoms with Crippen molar-refractivity contribution in [3.63, 3.8) is 0 Å². The molecule has 6 heteroatoms. The highest BCUT2D eigenvalue weighted by Gasteiger charge is 2.30. The third-order valence-corrected chi connectivity index (χ3v) is 6.34. The molecular weight excluding hydrogens is 370 g/mol. The molecule has 4 rings (SSSR count). The summed E-state index contributed by atoms with van der Waals surface area (Å²) in [6, 6.07) is 18.1. The van der Waals surface area contributed by atoms with Gasteiger partial charge in [-0.05, 0) is 30.5 Å². The second-order valence-electron chi connectivity index (χ2n) is 6.97. The van der Waals surface area contributed by atoms with Crippen molar-refractivity contribution in [3.05, 3.63) is 60.2 Å². The lowest BCUT2D eigenvalue weighted by Crippen LogP contribution is -2.31. The predicted octanol–water partition coefficient (Wildman–Crippen LogP) is 4.14. The van der Waals surface area contributed by atoms with E-state index in [2.05, 4.69) is 10.6 Å². The van der Waals surface area contributed by atoms with Crippen LogP contribution in [0.25, 0.3) is 11.0 Å². The van der Waals surface area contributed by atoms with Crippen molar-refractivity contribution in [2.24, 2.45) is 0 Å². The summed E-state index contributed by atoms with van der Waals surface area (Å²) in [5.74, 6) is 0.180. The van der Waals surface area contributed by atoms with Crippen LogP contribution in [0, 0.1) is 0 Å². The number of carbonyl (C=O) groups excluding carboxylic acids is 1. The molecule has 0 aliphatic carbocycles.